The number of anilines is 2. The lowest BCUT2D eigenvalue weighted by molar-refractivity contribution is -0.131. The van der Waals surface area contributed by atoms with Crippen molar-refractivity contribution < 1.29 is 13.6 Å². The van der Waals surface area contributed by atoms with Crippen LogP contribution in [-0.2, 0) is 11.3 Å². The Morgan fingerprint density at radius 3 is 2.79 bits per heavy atom. The number of hydrogen-bond acceptors (Lipinski definition) is 8. The summed E-state index contributed by atoms with van der Waals surface area (Å²) in [4.78, 5) is 22.5. The second-order valence-corrected chi connectivity index (χ2v) is 9.53. The number of carbonyl (C=O) groups is 1. The molecule has 0 aromatic carbocycles. The van der Waals surface area contributed by atoms with Crippen LogP contribution < -0.4 is 10.6 Å². The maximum atomic E-state index is 14.8. The van der Waals surface area contributed by atoms with Crippen LogP contribution in [0.4, 0.5) is 20.5 Å². The highest BCUT2D eigenvalue weighted by Crippen LogP contribution is 2.30. The number of pyridine rings is 1. The first kappa shape index (κ1) is 25.5. The SMILES string of the molecule is C=C(C)C(F)CCn1nnc2ccc(-c3ccn4nc(N[C@H]5CCN(C(C)=O)C[C@H]5F)nc(NC)c34)nc21. The minimum absolute atomic E-state index is 0.0422. The minimum atomic E-state index is -1.23. The van der Waals surface area contributed by atoms with Crippen LogP contribution in [0.3, 0.4) is 0 Å². The van der Waals surface area contributed by atoms with Crippen LogP contribution in [-0.4, -0.2) is 83.9 Å². The molecule has 0 saturated carbocycles. The lowest BCUT2D eigenvalue weighted by Gasteiger charge is -2.34. The van der Waals surface area contributed by atoms with Crippen molar-refractivity contribution in [3.8, 4) is 11.3 Å². The number of rotatable bonds is 8. The summed E-state index contributed by atoms with van der Waals surface area (Å²) in [7, 11) is 1.75. The second kappa shape index (κ2) is 10.3. The predicted molar refractivity (Wildman–Crippen MR) is 140 cm³/mol. The number of alkyl halides is 2. The molecule has 5 heterocycles. The Kier molecular flexibility index (Phi) is 6.91. The van der Waals surface area contributed by atoms with Gasteiger partial charge in [0, 0.05) is 45.2 Å². The van der Waals surface area contributed by atoms with Gasteiger partial charge in [0.15, 0.2) is 11.5 Å². The molecular weight excluding hydrogens is 494 g/mol. The van der Waals surface area contributed by atoms with E-state index in [4.69, 9.17) is 4.98 Å². The lowest BCUT2D eigenvalue weighted by Crippen LogP contribution is -2.49. The molecule has 0 bridgehead atoms. The first-order valence-corrected chi connectivity index (χ1v) is 12.5. The van der Waals surface area contributed by atoms with Gasteiger partial charge in [0.2, 0.25) is 11.9 Å². The Morgan fingerprint density at radius 1 is 1.26 bits per heavy atom. The first-order valence-electron chi connectivity index (χ1n) is 12.5. The van der Waals surface area contributed by atoms with Crippen LogP contribution in [0, 0.1) is 0 Å². The van der Waals surface area contributed by atoms with Gasteiger partial charge in [-0.05, 0) is 37.1 Å². The zero-order chi connectivity index (χ0) is 27.0. The van der Waals surface area contributed by atoms with E-state index in [0.717, 1.165) is 5.56 Å². The van der Waals surface area contributed by atoms with E-state index < -0.39 is 18.4 Å². The molecule has 1 aliphatic heterocycles. The van der Waals surface area contributed by atoms with E-state index in [9.17, 15) is 13.6 Å². The van der Waals surface area contributed by atoms with Crippen LogP contribution in [0.5, 0.6) is 0 Å². The zero-order valence-electron chi connectivity index (χ0n) is 21.5. The van der Waals surface area contributed by atoms with Crippen molar-refractivity contribution >= 4 is 34.4 Å². The number of piperidine rings is 1. The van der Waals surface area contributed by atoms with E-state index in [0.29, 0.717) is 53.3 Å². The molecule has 1 aliphatic rings. The third-order valence-electron chi connectivity index (χ3n) is 6.81. The zero-order valence-corrected chi connectivity index (χ0v) is 21.5. The highest BCUT2D eigenvalue weighted by atomic mass is 19.1. The average molecular weight is 525 g/mol. The summed E-state index contributed by atoms with van der Waals surface area (Å²) < 4.78 is 32.1. The van der Waals surface area contributed by atoms with Crippen LogP contribution >= 0.6 is 0 Å². The molecule has 1 fully saturated rings. The van der Waals surface area contributed by atoms with Crippen LogP contribution in [0.2, 0.25) is 0 Å². The summed E-state index contributed by atoms with van der Waals surface area (Å²) in [6.45, 7) is 7.61. The smallest absolute Gasteiger partial charge is 0.243 e. The van der Waals surface area contributed by atoms with E-state index in [1.54, 1.807) is 29.4 Å². The number of nitrogens with one attached hydrogen (secondary N) is 2. The molecule has 200 valence electrons. The van der Waals surface area contributed by atoms with Gasteiger partial charge >= 0.3 is 0 Å². The number of amides is 1. The van der Waals surface area contributed by atoms with Gasteiger partial charge in [-0.25, -0.2) is 23.0 Å². The third kappa shape index (κ3) is 4.87. The Balaban J connectivity index is 1.43. The Bertz CT molecular complexity index is 1500. The molecule has 11 nitrogen and oxygen atoms in total. The molecule has 1 amide bonds. The van der Waals surface area contributed by atoms with Crippen molar-refractivity contribution in [3.63, 3.8) is 0 Å². The number of hydrogen-bond donors (Lipinski definition) is 2. The van der Waals surface area contributed by atoms with Crippen molar-refractivity contribution in [3.05, 3.63) is 36.5 Å². The van der Waals surface area contributed by atoms with E-state index >= 15 is 0 Å². The van der Waals surface area contributed by atoms with Gasteiger partial charge in [-0.2, -0.15) is 4.98 Å². The maximum Gasteiger partial charge on any atom is 0.243 e. The fraction of sp³-hybridized carbons (Fsp3) is 0.440. The molecule has 0 spiro atoms. The monoisotopic (exact) mass is 524 g/mol. The van der Waals surface area contributed by atoms with Crippen molar-refractivity contribution in [1.82, 2.24) is 39.5 Å². The largest absolute Gasteiger partial charge is 0.371 e. The van der Waals surface area contributed by atoms with Gasteiger partial charge < -0.3 is 15.5 Å². The van der Waals surface area contributed by atoms with Crippen LogP contribution in [0.1, 0.15) is 26.7 Å². The molecule has 3 atom stereocenters. The van der Waals surface area contributed by atoms with Gasteiger partial charge in [0.25, 0.3) is 0 Å². The van der Waals surface area contributed by atoms with E-state index in [1.807, 2.05) is 18.2 Å². The summed E-state index contributed by atoms with van der Waals surface area (Å²) in [5, 5.41) is 19.0. The average Bonchev–Trinajstić information content (AvgIpc) is 3.51. The van der Waals surface area contributed by atoms with Crippen LogP contribution in [0.15, 0.2) is 36.5 Å². The molecule has 1 unspecified atom stereocenters. The summed E-state index contributed by atoms with van der Waals surface area (Å²) >= 11 is 0. The highest BCUT2D eigenvalue weighted by Gasteiger charge is 2.31. The molecule has 0 radical (unpaired) electrons. The quantitative estimate of drug-likeness (QED) is 0.337. The maximum absolute atomic E-state index is 14.8. The lowest BCUT2D eigenvalue weighted by atomic mass is 10.0. The fourth-order valence-electron chi connectivity index (χ4n) is 4.62. The number of nitrogens with zero attached hydrogens (tertiary/aromatic N) is 8. The topological polar surface area (TPSA) is 118 Å². The highest BCUT2D eigenvalue weighted by molar-refractivity contribution is 5.89. The molecule has 0 aliphatic carbocycles. The standard InChI is InChI=1S/C25H30F2N10O/c1-14(2)17(26)8-12-37-24-21(32-34-37)6-5-19(29-24)16-7-11-36-22(16)23(28-4)31-25(33-36)30-20-9-10-35(15(3)38)13-18(20)27/h5-7,11,17-18,20H,1,8-10,12-13H2,2-4H3,(H2,28,30,31,33)/t17?,18-,20+/m1/s1. The number of aryl methyl sites for hydroxylation is 1. The van der Waals surface area contributed by atoms with Crippen molar-refractivity contribution in [1.29, 1.82) is 0 Å². The first-order chi connectivity index (χ1) is 18.2. The van der Waals surface area contributed by atoms with Crippen LogP contribution in [0.25, 0.3) is 27.9 Å². The van der Waals surface area contributed by atoms with E-state index in [-0.39, 0.29) is 24.8 Å². The molecule has 4 aromatic rings. The molecular formula is C25H30F2N10O. The van der Waals surface area contributed by atoms with Gasteiger partial charge in [0.05, 0.1) is 18.3 Å². The summed E-state index contributed by atoms with van der Waals surface area (Å²) in [6, 6.07) is 5.03. The molecule has 38 heavy (non-hydrogen) atoms. The Labute approximate surface area is 217 Å². The predicted octanol–water partition coefficient (Wildman–Crippen LogP) is 3.25. The fourth-order valence-corrected chi connectivity index (χ4v) is 4.62. The van der Waals surface area contributed by atoms with E-state index in [1.165, 1.54) is 11.8 Å². The molecule has 2 N–H and O–H groups in total. The summed E-state index contributed by atoms with van der Waals surface area (Å²) in [5.74, 6) is 0.677. The van der Waals surface area contributed by atoms with Gasteiger partial charge in [-0.1, -0.05) is 11.8 Å². The normalized spacial score (nSPS) is 18.6. The number of likely N-dealkylation sites (tertiary alicyclic amines) is 1. The Morgan fingerprint density at radius 2 is 2.08 bits per heavy atom. The third-order valence-corrected chi connectivity index (χ3v) is 6.81. The van der Waals surface area contributed by atoms with Crippen molar-refractivity contribution in [2.75, 3.05) is 30.8 Å². The Hall–Kier alpha value is -4.16. The second-order valence-electron chi connectivity index (χ2n) is 9.53. The molecule has 4 aromatic heterocycles. The minimum Gasteiger partial charge on any atom is -0.371 e. The number of carbonyl (C=O) groups excluding carboxylic acids is 1. The molecule has 5 rings (SSSR count). The van der Waals surface area contributed by atoms with Gasteiger partial charge in [-0.15, -0.1) is 10.2 Å². The van der Waals surface area contributed by atoms with Gasteiger partial charge in [-0.3, -0.25) is 4.79 Å². The number of allylic oxidation sites excluding steroid dienone is 1. The van der Waals surface area contributed by atoms with Crippen molar-refractivity contribution in [2.24, 2.45) is 0 Å². The number of aromatic nitrogens is 7. The molecule has 13 heteroatoms. The molecule has 1 saturated heterocycles. The van der Waals surface area contributed by atoms with Crippen molar-refractivity contribution in [2.45, 2.75) is 51.6 Å². The summed E-state index contributed by atoms with van der Waals surface area (Å²) in [6.07, 6.45) is 0.111. The number of fused-ring (bicyclic) bond motifs is 2. The van der Waals surface area contributed by atoms with Gasteiger partial charge in [0.1, 0.15) is 23.4 Å². The number of halogens is 2. The summed E-state index contributed by atoms with van der Waals surface area (Å²) in [5.41, 5.74) is 3.75. The van der Waals surface area contributed by atoms with E-state index in [2.05, 4.69) is 37.6 Å².